The first-order chi connectivity index (χ1) is 13.7. The average Bonchev–Trinajstić information content (AvgIpc) is 3.50. The zero-order chi connectivity index (χ0) is 19.1. The lowest BCUT2D eigenvalue weighted by Crippen LogP contribution is -2.23. The summed E-state index contributed by atoms with van der Waals surface area (Å²) in [5.74, 6) is 1.41. The lowest BCUT2D eigenvalue weighted by molar-refractivity contribution is 0.414. The van der Waals surface area contributed by atoms with Crippen molar-refractivity contribution < 1.29 is 4.74 Å². The van der Waals surface area contributed by atoms with E-state index in [4.69, 9.17) is 4.74 Å². The Morgan fingerprint density at radius 1 is 1.11 bits per heavy atom. The van der Waals surface area contributed by atoms with Crippen LogP contribution in [-0.4, -0.2) is 42.2 Å². The molecule has 28 heavy (non-hydrogen) atoms. The van der Waals surface area contributed by atoms with E-state index in [1.807, 2.05) is 18.2 Å². The van der Waals surface area contributed by atoms with Gasteiger partial charge in [-0.05, 0) is 31.0 Å². The van der Waals surface area contributed by atoms with Gasteiger partial charge in [0.15, 0.2) is 5.65 Å². The van der Waals surface area contributed by atoms with Crippen LogP contribution < -0.4 is 15.7 Å². The molecular formula is C19H17N7O2. The second-order valence-corrected chi connectivity index (χ2v) is 6.52. The van der Waals surface area contributed by atoms with Gasteiger partial charge >= 0.3 is 5.69 Å². The summed E-state index contributed by atoms with van der Waals surface area (Å²) >= 11 is 0. The Kier molecular flexibility index (Phi) is 3.78. The third-order valence-corrected chi connectivity index (χ3v) is 4.56. The molecule has 0 saturated heterocycles. The number of hydrogen-bond donors (Lipinski definition) is 1. The van der Waals surface area contributed by atoms with Crippen molar-refractivity contribution in [3.63, 3.8) is 0 Å². The summed E-state index contributed by atoms with van der Waals surface area (Å²) < 4.78 is 8.25. The van der Waals surface area contributed by atoms with Crippen molar-refractivity contribution in [2.45, 2.75) is 18.9 Å². The molecule has 0 atom stereocenters. The molecule has 0 radical (unpaired) electrons. The minimum absolute atomic E-state index is 0.269. The van der Waals surface area contributed by atoms with Crippen LogP contribution in [0.2, 0.25) is 0 Å². The van der Waals surface area contributed by atoms with Crippen molar-refractivity contribution in [1.29, 1.82) is 0 Å². The molecule has 3 heterocycles. The summed E-state index contributed by atoms with van der Waals surface area (Å²) in [6.07, 6.45) is 7.01. The van der Waals surface area contributed by atoms with E-state index in [9.17, 15) is 4.79 Å². The number of fused-ring (bicyclic) bond motifs is 1. The van der Waals surface area contributed by atoms with E-state index in [0.717, 1.165) is 12.8 Å². The van der Waals surface area contributed by atoms with Crippen molar-refractivity contribution in [2.24, 2.45) is 0 Å². The molecule has 1 N–H and O–H groups in total. The molecule has 0 aliphatic heterocycles. The average molecular weight is 375 g/mol. The molecule has 1 aliphatic rings. The van der Waals surface area contributed by atoms with Crippen LogP contribution in [0.3, 0.4) is 0 Å². The van der Waals surface area contributed by atoms with E-state index in [1.54, 1.807) is 37.8 Å². The Morgan fingerprint density at radius 3 is 2.68 bits per heavy atom. The number of anilines is 1. The van der Waals surface area contributed by atoms with Crippen LogP contribution in [-0.2, 0) is 0 Å². The van der Waals surface area contributed by atoms with Gasteiger partial charge in [-0.15, -0.1) is 0 Å². The number of imidazole rings is 1. The van der Waals surface area contributed by atoms with Crippen LogP contribution in [0.5, 0.6) is 5.75 Å². The molecule has 1 fully saturated rings. The first kappa shape index (κ1) is 16.4. The van der Waals surface area contributed by atoms with Gasteiger partial charge in [-0.2, -0.15) is 4.98 Å². The number of methoxy groups -OCH3 is 1. The van der Waals surface area contributed by atoms with Gasteiger partial charge in [-0.25, -0.2) is 28.9 Å². The van der Waals surface area contributed by atoms with Gasteiger partial charge in [0.2, 0.25) is 11.9 Å². The second kappa shape index (κ2) is 6.45. The highest BCUT2D eigenvalue weighted by Gasteiger charge is 2.24. The maximum Gasteiger partial charge on any atom is 0.342 e. The highest BCUT2D eigenvalue weighted by atomic mass is 16.5. The predicted octanol–water partition coefficient (Wildman–Crippen LogP) is 1.94. The molecular weight excluding hydrogens is 358 g/mol. The fourth-order valence-electron chi connectivity index (χ4n) is 3.04. The van der Waals surface area contributed by atoms with Gasteiger partial charge in [-0.3, -0.25) is 0 Å². The molecule has 5 rings (SSSR count). The van der Waals surface area contributed by atoms with Crippen LogP contribution in [0.15, 0.2) is 53.7 Å². The summed E-state index contributed by atoms with van der Waals surface area (Å²) in [6, 6.07) is 9.36. The van der Waals surface area contributed by atoms with Crippen LogP contribution >= 0.6 is 0 Å². The quantitative estimate of drug-likeness (QED) is 0.569. The normalized spacial score (nSPS) is 13.6. The minimum atomic E-state index is -0.327. The number of ether oxygens (including phenoxy) is 1. The summed E-state index contributed by atoms with van der Waals surface area (Å²) in [5, 5.41) is 3.27. The number of benzene rings is 1. The smallest absolute Gasteiger partial charge is 0.342 e. The number of aromatic nitrogens is 6. The Bertz CT molecular complexity index is 1210. The lowest BCUT2D eigenvalue weighted by atomic mass is 10.3. The van der Waals surface area contributed by atoms with Crippen molar-refractivity contribution in [3.05, 3.63) is 59.4 Å². The maximum atomic E-state index is 13.4. The van der Waals surface area contributed by atoms with E-state index in [-0.39, 0.29) is 11.6 Å². The van der Waals surface area contributed by atoms with Crippen molar-refractivity contribution in [2.75, 3.05) is 12.4 Å². The Labute approximate surface area is 159 Å². The first-order valence-electron chi connectivity index (χ1n) is 8.93. The van der Waals surface area contributed by atoms with E-state index in [2.05, 4.69) is 25.3 Å². The van der Waals surface area contributed by atoms with E-state index >= 15 is 0 Å². The van der Waals surface area contributed by atoms with Crippen molar-refractivity contribution in [3.8, 4) is 17.4 Å². The van der Waals surface area contributed by atoms with Gasteiger partial charge in [-0.1, -0.05) is 6.07 Å². The largest absolute Gasteiger partial charge is 0.497 e. The first-order valence-corrected chi connectivity index (χ1v) is 8.93. The van der Waals surface area contributed by atoms with Crippen LogP contribution in [0, 0.1) is 0 Å². The van der Waals surface area contributed by atoms with Gasteiger partial charge in [0.1, 0.15) is 11.3 Å². The fraction of sp³-hybridized carbons (Fsp3) is 0.211. The van der Waals surface area contributed by atoms with Gasteiger partial charge in [0.05, 0.1) is 19.0 Å². The molecule has 3 aromatic heterocycles. The minimum Gasteiger partial charge on any atom is -0.497 e. The molecule has 140 valence electrons. The molecule has 1 saturated carbocycles. The zero-order valence-electron chi connectivity index (χ0n) is 15.1. The Balaban J connectivity index is 1.79. The zero-order valence-corrected chi connectivity index (χ0v) is 15.1. The summed E-state index contributed by atoms with van der Waals surface area (Å²) in [7, 11) is 1.59. The summed E-state index contributed by atoms with van der Waals surface area (Å²) in [6.45, 7) is 0. The molecule has 9 nitrogen and oxygen atoms in total. The third-order valence-electron chi connectivity index (χ3n) is 4.56. The van der Waals surface area contributed by atoms with E-state index in [0.29, 0.717) is 34.6 Å². The molecule has 0 unspecified atom stereocenters. The van der Waals surface area contributed by atoms with E-state index < -0.39 is 0 Å². The molecule has 0 spiro atoms. The lowest BCUT2D eigenvalue weighted by Gasteiger charge is -2.06. The Morgan fingerprint density at radius 2 is 1.93 bits per heavy atom. The highest BCUT2D eigenvalue weighted by molar-refractivity contribution is 5.76. The van der Waals surface area contributed by atoms with Gasteiger partial charge < -0.3 is 10.1 Å². The number of nitrogens with zero attached hydrogens (tertiary/aromatic N) is 6. The van der Waals surface area contributed by atoms with Crippen molar-refractivity contribution in [1.82, 2.24) is 29.1 Å². The standard InChI is InChI=1S/C19H17N7O2/c1-28-14-5-2-4-13(10-14)25-16-15(11-22-17(24-16)23-12-6-7-12)26(19(25)27)18-20-8-3-9-21-18/h2-5,8-12H,6-7H2,1H3,(H,22,23,24). The number of rotatable bonds is 5. The molecule has 1 aromatic carbocycles. The van der Waals surface area contributed by atoms with Crippen LogP contribution in [0.25, 0.3) is 22.8 Å². The summed E-state index contributed by atoms with van der Waals surface area (Å²) in [4.78, 5) is 30.8. The number of nitrogens with one attached hydrogen (secondary N) is 1. The number of hydrogen-bond acceptors (Lipinski definition) is 7. The van der Waals surface area contributed by atoms with Crippen molar-refractivity contribution >= 4 is 17.1 Å². The molecule has 4 aromatic rings. The SMILES string of the molecule is COc1cccc(-n2c(=O)n(-c3ncccn3)c3cnc(NC4CC4)nc32)c1. The third kappa shape index (κ3) is 2.77. The van der Waals surface area contributed by atoms with Crippen LogP contribution in [0.4, 0.5) is 5.95 Å². The second-order valence-electron chi connectivity index (χ2n) is 6.52. The monoisotopic (exact) mass is 375 g/mol. The molecule has 0 bridgehead atoms. The highest BCUT2D eigenvalue weighted by Crippen LogP contribution is 2.25. The summed E-state index contributed by atoms with van der Waals surface area (Å²) in [5.41, 5.74) is 1.32. The molecule has 0 amide bonds. The molecule has 9 heteroatoms. The van der Waals surface area contributed by atoms with Gasteiger partial charge in [0.25, 0.3) is 0 Å². The topological polar surface area (TPSA) is 99.8 Å². The van der Waals surface area contributed by atoms with Gasteiger partial charge in [0, 0.05) is 24.5 Å². The van der Waals surface area contributed by atoms with Crippen LogP contribution in [0.1, 0.15) is 12.8 Å². The fourth-order valence-corrected chi connectivity index (χ4v) is 3.04. The predicted molar refractivity (Wildman–Crippen MR) is 103 cm³/mol. The Hall–Kier alpha value is -3.75. The van der Waals surface area contributed by atoms with E-state index in [1.165, 1.54) is 9.13 Å². The maximum absolute atomic E-state index is 13.4. The molecule has 1 aliphatic carbocycles.